The molecule has 1 aliphatic heterocycles. The van der Waals surface area contributed by atoms with Gasteiger partial charge in [0.05, 0.1) is 5.52 Å². The predicted octanol–water partition coefficient (Wildman–Crippen LogP) is 4.98. The fourth-order valence-electron chi connectivity index (χ4n) is 3.81. The number of fused-ring (bicyclic) bond motifs is 1. The Hall–Kier alpha value is -2.30. The minimum Gasteiger partial charge on any atom is -0.365 e. The lowest BCUT2D eigenvalue weighted by Gasteiger charge is -2.22. The number of halogens is 1. The first-order chi connectivity index (χ1) is 13.0. The van der Waals surface area contributed by atoms with E-state index in [4.69, 9.17) is 16.3 Å². The van der Waals surface area contributed by atoms with Gasteiger partial charge in [0, 0.05) is 29.3 Å². The number of hydrogen-bond donors (Lipinski definition) is 2. The van der Waals surface area contributed by atoms with E-state index in [0.717, 1.165) is 46.1 Å². The summed E-state index contributed by atoms with van der Waals surface area (Å²) in [7, 11) is 0. The third-order valence-corrected chi connectivity index (χ3v) is 5.63. The molecule has 2 N–H and O–H groups in total. The van der Waals surface area contributed by atoms with Gasteiger partial charge in [0.25, 0.3) is 5.91 Å². The Labute approximate surface area is 163 Å². The largest absolute Gasteiger partial charge is 0.365 e. The third kappa shape index (κ3) is 3.35. The van der Waals surface area contributed by atoms with Crippen LogP contribution in [0.1, 0.15) is 30.9 Å². The number of carbonyl (C=O) groups is 1. The molecular formula is C22H23ClN2O2. The van der Waals surface area contributed by atoms with E-state index in [2.05, 4.69) is 29.4 Å². The van der Waals surface area contributed by atoms with Gasteiger partial charge in [-0.25, -0.2) is 0 Å². The molecule has 0 unspecified atom stereocenters. The van der Waals surface area contributed by atoms with Crippen LogP contribution in [0, 0.1) is 6.92 Å². The zero-order valence-corrected chi connectivity index (χ0v) is 16.3. The zero-order chi connectivity index (χ0) is 19.0. The molecule has 2 aromatic carbocycles. The molecule has 27 heavy (non-hydrogen) atoms. The molecular weight excluding hydrogens is 360 g/mol. The first-order valence-corrected chi connectivity index (χ1v) is 9.64. The van der Waals surface area contributed by atoms with Crippen LogP contribution in [0.4, 0.5) is 0 Å². The minimum atomic E-state index is -0.724. The summed E-state index contributed by atoms with van der Waals surface area (Å²) in [5.41, 5.74) is 4.61. The number of carbonyl (C=O) groups excluding carboxylic acids is 1. The highest BCUT2D eigenvalue weighted by Crippen LogP contribution is 2.33. The summed E-state index contributed by atoms with van der Waals surface area (Å²) in [6.07, 6.45) is 1.67. The number of nitrogens with one attached hydrogen (secondary N) is 2. The Morgan fingerprint density at radius 3 is 2.78 bits per heavy atom. The van der Waals surface area contributed by atoms with Crippen molar-refractivity contribution in [3.05, 3.63) is 58.6 Å². The molecule has 0 aliphatic carbocycles. The average molecular weight is 383 g/mol. The smallest absolute Gasteiger partial charge is 0.252 e. The molecule has 2 heterocycles. The van der Waals surface area contributed by atoms with E-state index in [0.29, 0.717) is 18.2 Å². The summed E-state index contributed by atoms with van der Waals surface area (Å²) >= 11 is 6.37. The third-order valence-electron chi connectivity index (χ3n) is 5.41. The molecule has 0 saturated carbocycles. The molecule has 4 nitrogen and oxygen atoms in total. The molecule has 0 radical (unpaired) electrons. The topological polar surface area (TPSA) is 54.1 Å². The van der Waals surface area contributed by atoms with Gasteiger partial charge in [-0.05, 0) is 55.5 Å². The van der Waals surface area contributed by atoms with Crippen molar-refractivity contribution in [2.75, 3.05) is 6.61 Å². The lowest BCUT2D eigenvalue weighted by molar-refractivity contribution is -0.139. The van der Waals surface area contributed by atoms with Crippen molar-refractivity contribution in [2.45, 2.75) is 38.8 Å². The van der Waals surface area contributed by atoms with Crippen molar-refractivity contribution in [1.29, 1.82) is 0 Å². The molecule has 1 fully saturated rings. The number of aromatic nitrogens is 1. The van der Waals surface area contributed by atoms with Crippen molar-refractivity contribution in [3.8, 4) is 11.3 Å². The highest BCUT2D eigenvalue weighted by Gasteiger charge is 2.37. The molecule has 1 amide bonds. The van der Waals surface area contributed by atoms with Gasteiger partial charge in [-0.3, -0.25) is 4.79 Å². The van der Waals surface area contributed by atoms with Gasteiger partial charge in [-0.15, -0.1) is 0 Å². The lowest BCUT2D eigenvalue weighted by Crippen LogP contribution is -2.43. The summed E-state index contributed by atoms with van der Waals surface area (Å²) in [5, 5.41) is 4.77. The normalized spacial score (nSPS) is 19.5. The summed E-state index contributed by atoms with van der Waals surface area (Å²) < 4.78 is 5.64. The number of rotatable bonds is 4. The van der Waals surface area contributed by atoms with Crippen LogP contribution < -0.4 is 5.32 Å². The van der Waals surface area contributed by atoms with E-state index in [-0.39, 0.29) is 5.91 Å². The Morgan fingerprint density at radius 1 is 1.30 bits per heavy atom. The number of ether oxygens (including phenoxy) is 1. The van der Waals surface area contributed by atoms with Gasteiger partial charge in [0.1, 0.15) is 5.60 Å². The van der Waals surface area contributed by atoms with E-state index in [9.17, 15) is 4.79 Å². The predicted molar refractivity (Wildman–Crippen MR) is 109 cm³/mol. The molecule has 1 aromatic heterocycles. The zero-order valence-electron chi connectivity index (χ0n) is 15.6. The highest BCUT2D eigenvalue weighted by molar-refractivity contribution is 6.31. The van der Waals surface area contributed by atoms with E-state index in [1.165, 1.54) is 0 Å². The van der Waals surface area contributed by atoms with Crippen LogP contribution in [0.15, 0.2) is 42.5 Å². The van der Waals surface area contributed by atoms with Gasteiger partial charge in [-0.1, -0.05) is 41.9 Å². The molecule has 1 aliphatic rings. The Morgan fingerprint density at radius 2 is 2.07 bits per heavy atom. The number of hydrogen-bond acceptors (Lipinski definition) is 2. The SMILES string of the molecule is Cc1c(-c2ccccc2)[nH]c2c(CNC(=O)[C@@]3(C)CCCO3)cc(Cl)cc12. The van der Waals surface area contributed by atoms with E-state index >= 15 is 0 Å². The average Bonchev–Trinajstić information content (AvgIpc) is 3.25. The quantitative estimate of drug-likeness (QED) is 0.668. The standard InChI is InChI=1S/C22H23ClN2O2/c1-14-18-12-17(23)11-16(13-24-21(26)22(2)9-6-10-27-22)20(18)25-19(14)15-7-4-3-5-8-15/h3-5,7-8,11-12,25H,6,9-10,13H2,1-2H3,(H,24,26)/t22-/m1/s1. The van der Waals surface area contributed by atoms with Gasteiger partial charge in [0.2, 0.25) is 0 Å². The van der Waals surface area contributed by atoms with Crippen LogP contribution in [0.3, 0.4) is 0 Å². The summed E-state index contributed by atoms with van der Waals surface area (Å²) in [6, 6.07) is 14.1. The molecule has 0 spiro atoms. The van der Waals surface area contributed by atoms with Crippen molar-refractivity contribution in [3.63, 3.8) is 0 Å². The van der Waals surface area contributed by atoms with Gasteiger partial charge >= 0.3 is 0 Å². The van der Waals surface area contributed by atoms with Crippen molar-refractivity contribution in [2.24, 2.45) is 0 Å². The first kappa shape index (κ1) is 18.1. The molecule has 140 valence electrons. The highest BCUT2D eigenvalue weighted by atomic mass is 35.5. The summed E-state index contributed by atoms with van der Waals surface area (Å²) in [6.45, 7) is 4.99. The lowest BCUT2D eigenvalue weighted by atomic mass is 10.0. The minimum absolute atomic E-state index is 0.0697. The van der Waals surface area contributed by atoms with Crippen LogP contribution in [-0.4, -0.2) is 23.1 Å². The molecule has 3 aromatic rings. The fourth-order valence-corrected chi connectivity index (χ4v) is 4.05. The maximum atomic E-state index is 12.6. The van der Waals surface area contributed by atoms with Gasteiger partial charge in [0.15, 0.2) is 0 Å². The second-order valence-electron chi connectivity index (χ2n) is 7.34. The maximum absolute atomic E-state index is 12.6. The van der Waals surface area contributed by atoms with E-state index in [1.807, 2.05) is 37.3 Å². The van der Waals surface area contributed by atoms with Crippen LogP contribution in [-0.2, 0) is 16.1 Å². The summed E-state index contributed by atoms with van der Waals surface area (Å²) in [5.74, 6) is -0.0697. The van der Waals surface area contributed by atoms with E-state index < -0.39 is 5.60 Å². The molecule has 1 atom stereocenters. The molecule has 1 saturated heterocycles. The van der Waals surface area contributed by atoms with Crippen molar-refractivity contribution >= 4 is 28.4 Å². The summed E-state index contributed by atoms with van der Waals surface area (Å²) in [4.78, 5) is 16.1. The Balaban J connectivity index is 1.67. The number of aromatic amines is 1. The van der Waals surface area contributed by atoms with Crippen LogP contribution in [0.25, 0.3) is 22.2 Å². The Kier molecular flexibility index (Phi) is 4.70. The molecule has 0 bridgehead atoms. The van der Waals surface area contributed by atoms with E-state index in [1.54, 1.807) is 0 Å². The first-order valence-electron chi connectivity index (χ1n) is 9.26. The van der Waals surface area contributed by atoms with Crippen molar-refractivity contribution in [1.82, 2.24) is 10.3 Å². The van der Waals surface area contributed by atoms with Gasteiger partial charge < -0.3 is 15.0 Å². The number of H-pyrrole nitrogens is 1. The maximum Gasteiger partial charge on any atom is 0.252 e. The van der Waals surface area contributed by atoms with Crippen LogP contribution >= 0.6 is 11.6 Å². The van der Waals surface area contributed by atoms with Crippen molar-refractivity contribution < 1.29 is 9.53 Å². The number of benzene rings is 2. The number of amides is 1. The second-order valence-corrected chi connectivity index (χ2v) is 7.78. The Bertz CT molecular complexity index is 988. The van der Waals surface area contributed by atoms with Crippen LogP contribution in [0.2, 0.25) is 5.02 Å². The van der Waals surface area contributed by atoms with Crippen LogP contribution in [0.5, 0.6) is 0 Å². The monoisotopic (exact) mass is 382 g/mol. The second kappa shape index (κ2) is 7.02. The molecule has 4 rings (SSSR count). The number of aryl methyl sites for hydroxylation is 1. The molecule has 5 heteroatoms. The van der Waals surface area contributed by atoms with Gasteiger partial charge in [-0.2, -0.15) is 0 Å². The fraction of sp³-hybridized carbons (Fsp3) is 0.318.